The number of fused-ring (bicyclic) bond motifs is 2. The van der Waals surface area contributed by atoms with E-state index >= 15 is 0 Å². The molecule has 1 fully saturated rings. The lowest BCUT2D eigenvalue weighted by atomic mass is 9.88. The topological polar surface area (TPSA) is 66.3 Å². The van der Waals surface area contributed by atoms with Crippen LogP contribution in [0.1, 0.15) is 66.5 Å². The average Bonchev–Trinajstić information content (AvgIpc) is 3.04. The van der Waals surface area contributed by atoms with Gasteiger partial charge in [-0.25, -0.2) is 9.97 Å². The highest BCUT2D eigenvalue weighted by atomic mass is 16.1. The lowest BCUT2D eigenvalue weighted by Crippen LogP contribution is -2.36. The van der Waals surface area contributed by atoms with Crippen LogP contribution in [0.15, 0.2) is 29.2 Å². The molecule has 0 amide bonds. The highest BCUT2D eigenvalue weighted by Gasteiger charge is 2.25. The molecular weight excluding hydrogens is 350 g/mol. The van der Waals surface area contributed by atoms with Crippen molar-refractivity contribution >= 4 is 5.65 Å². The maximum absolute atomic E-state index is 12.8. The van der Waals surface area contributed by atoms with Crippen LogP contribution in [0, 0.1) is 6.92 Å². The molecule has 3 aromatic heterocycles. The van der Waals surface area contributed by atoms with E-state index in [0.29, 0.717) is 12.5 Å². The smallest absolute Gasteiger partial charge is 0.255 e. The summed E-state index contributed by atoms with van der Waals surface area (Å²) in [6.45, 7) is 4.43. The first-order valence-electron chi connectivity index (χ1n) is 10.5. The molecule has 5 rings (SSSR count). The van der Waals surface area contributed by atoms with Crippen molar-refractivity contribution in [2.45, 2.75) is 64.5 Å². The Morgan fingerprint density at radius 1 is 1.18 bits per heavy atom. The lowest BCUT2D eigenvalue weighted by molar-refractivity contribution is 0.237. The summed E-state index contributed by atoms with van der Waals surface area (Å²) in [5, 5.41) is 0. The monoisotopic (exact) mass is 377 g/mol. The van der Waals surface area contributed by atoms with E-state index in [1.807, 2.05) is 18.2 Å². The first-order chi connectivity index (χ1) is 13.7. The first-order valence-corrected chi connectivity index (χ1v) is 10.5. The molecule has 0 saturated heterocycles. The Balaban J connectivity index is 1.39. The van der Waals surface area contributed by atoms with Gasteiger partial charge in [0.1, 0.15) is 11.5 Å². The van der Waals surface area contributed by atoms with Crippen LogP contribution in [0.5, 0.6) is 0 Å². The van der Waals surface area contributed by atoms with Crippen molar-refractivity contribution in [1.82, 2.24) is 24.3 Å². The van der Waals surface area contributed by atoms with Gasteiger partial charge >= 0.3 is 0 Å². The van der Waals surface area contributed by atoms with Crippen molar-refractivity contribution in [3.63, 3.8) is 0 Å². The zero-order chi connectivity index (χ0) is 19.1. The zero-order valence-corrected chi connectivity index (χ0v) is 16.4. The average molecular weight is 377 g/mol. The minimum Gasteiger partial charge on any atom is -0.310 e. The number of nitrogens with one attached hydrogen (secondary N) is 1. The predicted octanol–water partition coefficient (Wildman–Crippen LogP) is 3.33. The van der Waals surface area contributed by atoms with E-state index in [2.05, 4.69) is 32.4 Å². The summed E-state index contributed by atoms with van der Waals surface area (Å²) < 4.78 is 2.15. The van der Waals surface area contributed by atoms with Crippen molar-refractivity contribution in [3.8, 4) is 0 Å². The second-order valence-electron chi connectivity index (χ2n) is 8.24. The van der Waals surface area contributed by atoms with E-state index in [1.165, 1.54) is 25.0 Å². The van der Waals surface area contributed by atoms with Gasteiger partial charge in [-0.3, -0.25) is 9.69 Å². The number of pyridine rings is 1. The SMILES string of the molecule is Cc1nc2ccccn2c1CN1CCc2nc(C3CCCCC3)[nH]c(=O)c2C1. The Morgan fingerprint density at radius 2 is 2.04 bits per heavy atom. The van der Waals surface area contributed by atoms with Crippen molar-refractivity contribution in [2.24, 2.45) is 0 Å². The van der Waals surface area contributed by atoms with Crippen LogP contribution < -0.4 is 5.56 Å². The Morgan fingerprint density at radius 3 is 2.89 bits per heavy atom. The van der Waals surface area contributed by atoms with Gasteiger partial charge in [0.05, 0.1) is 22.6 Å². The Kier molecular flexibility index (Phi) is 4.51. The van der Waals surface area contributed by atoms with E-state index in [4.69, 9.17) is 4.98 Å². The second kappa shape index (κ2) is 7.17. The molecule has 1 saturated carbocycles. The van der Waals surface area contributed by atoms with E-state index in [9.17, 15) is 4.79 Å². The number of aromatic nitrogens is 4. The number of nitrogens with zero attached hydrogens (tertiary/aromatic N) is 4. The highest BCUT2D eigenvalue weighted by molar-refractivity contribution is 5.42. The van der Waals surface area contributed by atoms with Gasteiger partial charge in [-0.15, -0.1) is 0 Å². The maximum Gasteiger partial charge on any atom is 0.255 e. The van der Waals surface area contributed by atoms with E-state index in [1.54, 1.807) is 0 Å². The highest BCUT2D eigenvalue weighted by Crippen LogP contribution is 2.31. The number of imidazole rings is 1. The van der Waals surface area contributed by atoms with Gasteiger partial charge in [0.15, 0.2) is 0 Å². The molecule has 0 radical (unpaired) electrons. The second-order valence-corrected chi connectivity index (χ2v) is 8.24. The molecular formula is C22H27N5O. The molecule has 6 heteroatoms. The van der Waals surface area contributed by atoms with E-state index < -0.39 is 0 Å². The van der Waals surface area contributed by atoms with Gasteiger partial charge in [0.2, 0.25) is 0 Å². The third-order valence-corrected chi connectivity index (χ3v) is 6.36. The fourth-order valence-corrected chi connectivity index (χ4v) is 4.77. The van der Waals surface area contributed by atoms with Crippen molar-refractivity contribution in [1.29, 1.82) is 0 Å². The Hall–Kier alpha value is -2.47. The minimum atomic E-state index is 0.0603. The molecule has 28 heavy (non-hydrogen) atoms. The molecule has 0 bridgehead atoms. The van der Waals surface area contributed by atoms with Gasteiger partial charge in [0, 0.05) is 38.2 Å². The fraction of sp³-hybridized carbons (Fsp3) is 0.500. The summed E-state index contributed by atoms with van der Waals surface area (Å²) in [6, 6.07) is 6.08. The van der Waals surface area contributed by atoms with Crippen molar-refractivity contribution in [2.75, 3.05) is 6.54 Å². The number of aromatic amines is 1. The number of rotatable bonds is 3. The van der Waals surface area contributed by atoms with Crippen LogP contribution in [-0.2, 0) is 19.5 Å². The lowest BCUT2D eigenvalue weighted by Gasteiger charge is -2.29. The van der Waals surface area contributed by atoms with Gasteiger partial charge in [-0.05, 0) is 31.9 Å². The minimum absolute atomic E-state index is 0.0603. The standard InChI is InChI=1S/C22H27N5O/c1-15-19(27-11-6-5-9-20(27)23-15)14-26-12-10-18-17(13-26)22(28)25-21(24-18)16-7-3-2-4-8-16/h5-6,9,11,16H,2-4,7-8,10,12-14H2,1H3,(H,24,25,28). The molecule has 6 nitrogen and oxygen atoms in total. The zero-order valence-electron chi connectivity index (χ0n) is 16.4. The summed E-state index contributed by atoms with van der Waals surface area (Å²) in [4.78, 5) is 27.8. The summed E-state index contributed by atoms with van der Waals surface area (Å²) in [5.41, 5.74) is 5.14. The van der Waals surface area contributed by atoms with Gasteiger partial charge in [-0.2, -0.15) is 0 Å². The quantitative estimate of drug-likeness (QED) is 0.760. The van der Waals surface area contributed by atoms with Crippen LogP contribution in [0.2, 0.25) is 0 Å². The first kappa shape index (κ1) is 17.6. The number of H-pyrrole nitrogens is 1. The summed E-state index contributed by atoms with van der Waals surface area (Å²) >= 11 is 0. The molecule has 0 aromatic carbocycles. The largest absolute Gasteiger partial charge is 0.310 e. The van der Waals surface area contributed by atoms with E-state index in [-0.39, 0.29) is 5.56 Å². The molecule has 1 aliphatic heterocycles. The summed E-state index contributed by atoms with van der Waals surface area (Å²) in [5.74, 6) is 1.36. The molecule has 0 atom stereocenters. The van der Waals surface area contributed by atoms with Gasteiger partial charge < -0.3 is 9.38 Å². The number of hydrogen-bond donors (Lipinski definition) is 1. The summed E-state index contributed by atoms with van der Waals surface area (Å²) in [6.07, 6.45) is 9.02. The van der Waals surface area contributed by atoms with Crippen LogP contribution in [0.25, 0.3) is 5.65 Å². The third-order valence-electron chi connectivity index (χ3n) is 6.36. The Bertz CT molecular complexity index is 1060. The fourth-order valence-electron chi connectivity index (χ4n) is 4.77. The number of hydrogen-bond acceptors (Lipinski definition) is 4. The maximum atomic E-state index is 12.8. The van der Waals surface area contributed by atoms with Crippen molar-refractivity contribution in [3.05, 3.63) is 63.2 Å². The van der Waals surface area contributed by atoms with Crippen LogP contribution in [0.4, 0.5) is 0 Å². The molecule has 3 aromatic rings. The normalized spacial score (nSPS) is 18.5. The van der Waals surface area contributed by atoms with Crippen LogP contribution >= 0.6 is 0 Å². The van der Waals surface area contributed by atoms with Crippen molar-refractivity contribution < 1.29 is 0 Å². The molecule has 1 N–H and O–H groups in total. The van der Waals surface area contributed by atoms with Gasteiger partial charge in [-0.1, -0.05) is 25.3 Å². The predicted molar refractivity (Wildman–Crippen MR) is 108 cm³/mol. The third kappa shape index (κ3) is 3.15. The molecule has 0 spiro atoms. The Labute approximate surface area is 164 Å². The molecule has 1 aliphatic carbocycles. The molecule has 0 unspecified atom stereocenters. The van der Waals surface area contributed by atoms with E-state index in [0.717, 1.165) is 60.8 Å². The molecule has 2 aliphatic rings. The molecule has 4 heterocycles. The van der Waals surface area contributed by atoms with Crippen LogP contribution in [-0.4, -0.2) is 30.8 Å². The van der Waals surface area contributed by atoms with Crippen LogP contribution in [0.3, 0.4) is 0 Å². The number of aryl methyl sites for hydroxylation is 1. The molecule has 146 valence electrons. The van der Waals surface area contributed by atoms with Gasteiger partial charge in [0.25, 0.3) is 5.56 Å². The summed E-state index contributed by atoms with van der Waals surface area (Å²) in [7, 11) is 0.